The van der Waals surface area contributed by atoms with Crippen molar-refractivity contribution in [2.45, 2.75) is 13.5 Å². The van der Waals surface area contributed by atoms with Crippen molar-refractivity contribution in [2.75, 3.05) is 20.3 Å². The number of esters is 1. The van der Waals surface area contributed by atoms with E-state index in [1.54, 1.807) is 12.1 Å². The van der Waals surface area contributed by atoms with Crippen LogP contribution in [-0.2, 0) is 20.9 Å². The Bertz CT molecular complexity index is 1340. The molecule has 0 spiro atoms. The van der Waals surface area contributed by atoms with Crippen molar-refractivity contribution in [3.8, 4) is 11.5 Å². The summed E-state index contributed by atoms with van der Waals surface area (Å²) in [5.74, 6) is -0.302. The zero-order valence-electron chi connectivity index (χ0n) is 19.2. The van der Waals surface area contributed by atoms with Crippen LogP contribution >= 0.6 is 15.9 Å². The van der Waals surface area contributed by atoms with Gasteiger partial charge in [0.15, 0.2) is 11.5 Å². The monoisotopic (exact) mass is 538 g/mol. The summed E-state index contributed by atoms with van der Waals surface area (Å²) in [5.41, 5.74) is 1.65. The Morgan fingerprint density at radius 1 is 1.06 bits per heavy atom. The molecule has 1 N–H and O–H groups in total. The number of carbonyl (C=O) groups excluding carboxylic acids is 3. The van der Waals surface area contributed by atoms with E-state index in [0.29, 0.717) is 34.7 Å². The minimum Gasteiger partial charge on any atom is -0.490 e. The Morgan fingerprint density at radius 2 is 1.83 bits per heavy atom. The number of urea groups is 1. The number of hydrogen-bond donors (Lipinski definition) is 1. The molecule has 0 unspecified atom stereocenters. The lowest BCUT2D eigenvalue weighted by Crippen LogP contribution is -2.36. The largest absolute Gasteiger partial charge is 0.490 e. The Morgan fingerprint density at radius 3 is 2.57 bits per heavy atom. The molecule has 1 aliphatic heterocycles. The lowest BCUT2D eigenvalue weighted by atomic mass is 10.1. The van der Waals surface area contributed by atoms with Crippen LogP contribution in [0, 0.1) is 0 Å². The minimum absolute atomic E-state index is 0.0399. The summed E-state index contributed by atoms with van der Waals surface area (Å²) in [6.07, 6.45) is 1.51. The summed E-state index contributed by atoms with van der Waals surface area (Å²) in [7, 11) is 1.19. The molecule has 3 amide bonds. The zero-order chi connectivity index (χ0) is 24.9. The highest BCUT2D eigenvalue weighted by atomic mass is 79.9. The molecule has 3 aromatic carbocycles. The smallest absolute Gasteiger partial charge is 0.329 e. The SMILES string of the molecule is CCOc1cc(/C=C2/NC(=O)N(CC(=O)OC)C2=O)cc(Br)c1OCc1ccc2ccccc2c1. The van der Waals surface area contributed by atoms with Gasteiger partial charge < -0.3 is 19.5 Å². The van der Waals surface area contributed by atoms with Crippen LogP contribution in [0.25, 0.3) is 16.8 Å². The maximum Gasteiger partial charge on any atom is 0.329 e. The molecular formula is C26H23BrN2O6. The van der Waals surface area contributed by atoms with Crippen LogP contribution in [0.15, 0.2) is 64.8 Å². The molecule has 0 radical (unpaired) electrons. The molecule has 4 rings (SSSR count). The third-order valence-electron chi connectivity index (χ3n) is 5.32. The highest BCUT2D eigenvalue weighted by Gasteiger charge is 2.35. The number of imide groups is 1. The van der Waals surface area contributed by atoms with Crippen LogP contribution in [0.4, 0.5) is 4.79 Å². The van der Waals surface area contributed by atoms with Gasteiger partial charge in [0.2, 0.25) is 0 Å². The third kappa shape index (κ3) is 5.46. The van der Waals surface area contributed by atoms with Crippen molar-refractivity contribution in [1.82, 2.24) is 10.2 Å². The van der Waals surface area contributed by atoms with Gasteiger partial charge in [0.25, 0.3) is 5.91 Å². The van der Waals surface area contributed by atoms with E-state index in [4.69, 9.17) is 9.47 Å². The van der Waals surface area contributed by atoms with Gasteiger partial charge in [-0.2, -0.15) is 0 Å². The van der Waals surface area contributed by atoms with E-state index in [0.717, 1.165) is 21.2 Å². The van der Waals surface area contributed by atoms with E-state index in [2.05, 4.69) is 50.2 Å². The number of methoxy groups -OCH3 is 1. The van der Waals surface area contributed by atoms with Crippen LogP contribution in [0.5, 0.6) is 11.5 Å². The molecule has 0 aliphatic carbocycles. The number of halogens is 1. The summed E-state index contributed by atoms with van der Waals surface area (Å²) in [4.78, 5) is 37.0. The average Bonchev–Trinajstić information content (AvgIpc) is 3.10. The lowest BCUT2D eigenvalue weighted by Gasteiger charge is -2.15. The summed E-state index contributed by atoms with van der Waals surface area (Å²) in [5, 5.41) is 4.77. The molecule has 1 aliphatic rings. The number of nitrogens with one attached hydrogen (secondary N) is 1. The standard InChI is InChI=1S/C26H23BrN2O6/c1-3-34-22-13-17(12-21-25(31)29(26(32)28-21)14-23(30)33-2)11-20(27)24(22)35-15-16-8-9-18-6-4-5-7-19(18)10-16/h4-13H,3,14-15H2,1-2H3,(H,28,32)/b21-12+. The van der Waals surface area contributed by atoms with E-state index < -0.39 is 24.5 Å². The zero-order valence-corrected chi connectivity index (χ0v) is 20.8. The van der Waals surface area contributed by atoms with Gasteiger partial charge in [-0.05, 0) is 69.0 Å². The summed E-state index contributed by atoms with van der Waals surface area (Å²) in [6.45, 7) is 2.13. The number of carbonyl (C=O) groups is 3. The molecule has 0 atom stereocenters. The molecule has 0 saturated carbocycles. The van der Waals surface area contributed by atoms with Crippen LogP contribution in [-0.4, -0.2) is 43.1 Å². The van der Waals surface area contributed by atoms with Gasteiger partial charge in [-0.1, -0.05) is 36.4 Å². The normalized spacial score (nSPS) is 14.4. The first-order valence-electron chi connectivity index (χ1n) is 10.9. The first kappa shape index (κ1) is 24.3. The molecule has 35 heavy (non-hydrogen) atoms. The molecule has 1 fully saturated rings. The second-order valence-corrected chi connectivity index (χ2v) is 8.54. The first-order valence-corrected chi connectivity index (χ1v) is 11.7. The number of amides is 3. The number of ether oxygens (including phenoxy) is 3. The fourth-order valence-corrected chi connectivity index (χ4v) is 4.21. The second kappa shape index (κ2) is 10.6. The molecule has 1 saturated heterocycles. The number of nitrogens with zero attached hydrogens (tertiary/aromatic N) is 1. The molecule has 1 heterocycles. The van der Waals surface area contributed by atoms with Crippen molar-refractivity contribution >= 4 is 50.7 Å². The molecule has 180 valence electrons. The van der Waals surface area contributed by atoms with E-state index in [9.17, 15) is 14.4 Å². The van der Waals surface area contributed by atoms with Gasteiger partial charge in [-0.15, -0.1) is 0 Å². The van der Waals surface area contributed by atoms with Crippen LogP contribution in [0.2, 0.25) is 0 Å². The van der Waals surface area contributed by atoms with Gasteiger partial charge in [0, 0.05) is 0 Å². The van der Waals surface area contributed by atoms with Gasteiger partial charge in [-0.3, -0.25) is 9.59 Å². The number of benzene rings is 3. The number of rotatable bonds is 8. The predicted octanol–water partition coefficient (Wildman–Crippen LogP) is 4.65. The second-order valence-electron chi connectivity index (χ2n) is 7.69. The van der Waals surface area contributed by atoms with Gasteiger partial charge in [0.1, 0.15) is 18.8 Å². The maximum atomic E-state index is 12.6. The Labute approximate surface area is 210 Å². The minimum atomic E-state index is -0.691. The molecule has 3 aromatic rings. The van der Waals surface area contributed by atoms with E-state index >= 15 is 0 Å². The quantitative estimate of drug-likeness (QED) is 0.255. The van der Waals surface area contributed by atoms with Gasteiger partial charge >= 0.3 is 12.0 Å². The van der Waals surface area contributed by atoms with E-state index in [1.807, 2.05) is 25.1 Å². The summed E-state index contributed by atoms with van der Waals surface area (Å²) < 4.78 is 17.1. The number of hydrogen-bond acceptors (Lipinski definition) is 6. The van der Waals surface area contributed by atoms with E-state index in [-0.39, 0.29) is 5.70 Å². The van der Waals surface area contributed by atoms with Crippen LogP contribution in [0.1, 0.15) is 18.1 Å². The Hall–Kier alpha value is -3.85. The van der Waals surface area contributed by atoms with Crippen molar-refractivity contribution in [2.24, 2.45) is 0 Å². The molecular weight excluding hydrogens is 516 g/mol. The Kier molecular flexibility index (Phi) is 7.36. The van der Waals surface area contributed by atoms with Crippen LogP contribution < -0.4 is 14.8 Å². The van der Waals surface area contributed by atoms with Crippen molar-refractivity contribution in [3.05, 3.63) is 75.9 Å². The first-order chi connectivity index (χ1) is 16.9. The average molecular weight is 539 g/mol. The molecule has 8 nitrogen and oxygen atoms in total. The highest BCUT2D eigenvalue weighted by Crippen LogP contribution is 2.38. The highest BCUT2D eigenvalue weighted by molar-refractivity contribution is 9.10. The number of fused-ring (bicyclic) bond motifs is 1. The predicted molar refractivity (Wildman–Crippen MR) is 134 cm³/mol. The maximum absolute atomic E-state index is 12.6. The molecule has 0 aromatic heterocycles. The molecule has 0 bridgehead atoms. The van der Waals surface area contributed by atoms with Crippen molar-refractivity contribution in [3.63, 3.8) is 0 Å². The fraction of sp³-hybridized carbons (Fsp3) is 0.192. The molecule has 9 heteroatoms. The van der Waals surface area contributed by atoms with Crippen molar-refractivity contribution in [1.29, 1.82) is 0 Å². The fourth-order valence-electron chi connectivity index (χ4n) is 3.63. The third-order valence-corrected chi connectivity index (χ3v) is 5.91. The van der Waals surface area contributed by atoms with Gasteiger partial charge in [-0.25, -0.2) is 9.69 Å². The van der Waals surface area contributed by atoms with Gasteiger partial charge in [0.05, 0.1) is 18.2 Å². The summed E-state index contributed by atoms with van der Waals surface area (Å²) in [6, 6.07) is 17.1. The van der Waals surface area contributed by atoms with Crippen LogP contribution in [0.3, 0.4) is 0 Å². The lowest BCUT2D eigenvalue weighted by molar-refractivity contribution is -0.143. The van der Waals surface area contributed by atoms with Crippen molar-refractivity contribution < 1.29 is 28.6 Å². The van der Waals surface area contributed by atoms with E-state index in [1.165, 1.54) is 13.2 Å². The Balaban J connectivity index is 1.56. The topological polar surface area (TPSA) is 94.2 Å². The summed E-state index contributed by atoms with van der Waals surface area (Å²) >= 11 is 3.53.